The Morgan fingerprint density at radius 3 is 2.64 bits per heavy atom. The molecule has 22 heavy (non-hydrogen) atoms. The summed E-state index contributed by atoms with van der Waals surface area (Å²) in [6.07, 6.45) is 2.27. The number of esters is 1. The van der Waals surface area contributed by atoms with Crippen LogP contribution in [0.1, 0.15) is 33.1 Å². The number of hydrogen-bond acceptors (Lipinski definition) is 3. The van der Waals surface area contributed by atoms with Crippen LogP contribution in [0, 0.1) is 0 Å². The summed E-state index contributed by atoms with van der Waals surface area (Å²) in [7, 11) is 2.01. The maximum Gasteiger partial charge on any atom is 0.325 e. The van der Waals surface area contributed by atoms with Gasteiger partial charge in [-0.15, -0.1) is 0 Å². The number of quaternary nitrogens is 1. The van der Waals surface area contributed by atoms with Crippen LogP contribution in [0.5, 0.6) is 0 Å². The first kappa shape index (κ1) is 16.5. The molecule has 5 nitrogen and oxygen atoms in total. The Bertz CT molecular complexity index is 532. The molecule has 5 heteroatoms. The Balaban J connectivity index is 2.22. The Kier molecular flexibility index (Phi) is 5.19. The number of benzene rings is 1. The first-order chi connectivity index (χ1) is 10.5. The fraction of sp³-hybridized carbons (Fsp3) is 0.529. The first-order valence-corrected chi connectivity index (χ1v) is 7.85. The van der Waals surface area contributed by atoms with Gasteiger partial charge in [0.1, 0.15) is 0 Å². The summed E-state index contributed by atoms with van der Waals surface area (Å²) in [4.78, 5) is 24.2. The van der Waals surface area contributed by atoms with Gasteiger partial charge in [0, 0.05) is 25.5 Å². The third-order valence-electron chi connectivity index (χ3n) is 4.56. The van der Waals surface area contributed by atoms with Gasteiger partial charge in [0.05, 0.1) is 19.6 Å². The van der Waals surface area contributed by atoms with Crippen molar-refractivity contribution in [1.29, 1.82) is 0 Å². The molecule has 1 aromatic carbocycles. The van der Waals surface area contributed by atoms with Gasteiger partial charge in [-0.3, -0.25) is 14.1 Å². The molecule has 1 saturated heterocycles. The highest BCUT2D eigenvalue weighted by molar-refractivity contribution is 5.94. The van der Waals surface area contributed by atoms with Crippen molar-refractivity contribution in [3.63, 3.8) is 0 Å². The second kappa shape index (κ2) is 6.92. The first-order valence-electron chi connectivity index (χ1n) is 7.85. The zero-order chi connectivity index (χ0) is 16.2. The molecule has 1 amide bonds. The van der Waals surface area contributed by atoms with E-state index in [2.05, 4.69) is 12.2 Å². The Morgan fingerprint density at radius 2 is 2.05 bits per heavy atom. The molecule has 0 spiro atoms. The second-order valence-corrected chi connectivity index (χ2v) is 6.09. The van der Waals surface area contributed by atoms with Crippen molar-refractivity contribution in [3.05, 3.63) is 30.3 Å². The van der Waals surface area contributed by atoms with Crippen molar-refractivity contribution in [2.45, 2.75) is 45.4 Å². The molecule has 1 aliphatic rings. The van der Waals surface area contributed by atoms with Crippen molar-refractivity contribution >= 4 is 17.6 Å². The molecule has 1 N–H and O–H groups in total. The van der Waals surface area contributed by atoms with E-state index in [0.29, 0.717) is 16.2 Å². The molecule has 0 aromatic heterocycles. The summed E-state index contributed by atoms with van der Waals surface area (Å²) in [5.74, 6) is -0.682. The van der Waals surface area contributed by atoms with Gasteiger partial charge < -0.3 is 10.1 Å². The minimum absolute atomic E-state index is 0.260. The van der Waals surface area contributed by atoms with Gasteiger partial charge in [-0.2, -0.15) is 0 Å². The molecule has 0 aliphatic carbocycles. The number of anilines is 1. The highest BCUT2D eigenvalue weighted by Crippen LogP contribution is 2.31. The lowest BCUT2D eigenvalue weighted by Crippen LogP contribution is -2.61. The van der Waals surface area contributed by atoms with E-state index in [4.69, 9.17) is 4.74 Å². The molecule has 0 bridgehead atoms. The quantitative estimate of drug-likeness (QED) is 0.672. The molecule has 0 radical (unpaired) electrons. The average Bonchev–Trinajstić information content (AvgIpc) is 2.87. The summed E-state index contributed by atoms with van der Waals surface area (Å²) in [6.45, 7) is 4.32. The zero-order valence-electron chi connectivity index (χ0n) is 13.5. The third-order valence-corrected chi connectivity index (χ3v) is 4.56. The highest BCUT2D eigenvalue weighted by atomic mass is 16.6. The van der Waals surface area contributed by atoms with E-state index in [-0.39, 0.29) is 5.91 Å². The number of carbonyl (C=O) groups is 2. The van der Waals surface area contributed by atoms with E-state index in [9.17, 15) is 9.59 Å². The maximum absolute atomic E-state index is 12.7. The Labute approximate surface area is 131 Å². The number of carbonyl (C=O) groups excluding carboxylic acids is 2. The van der Waals surface area contributed by atoms with Gasteiger partial charge >= 0.3 is 18.1 Å². The molecule has 120 valence electrons. The number of likely N-dealkylation sites (tertiary alicyclic amines) is 1. The fourth-order valence-electron chi connectivity index (χ4n) is 3.40. The number of nitrogens with zero attached hydrogens (tertiary/aromatic N) is 1. The predicted molar refractivity (Wildman–Crippen MR) is 85.0 cm³/mol. The summed E-state index contributed by atoms with van der Waals surface area (Å²) in [6, 6.07) is 9.59. The van der Waals surface area contributed by atoms with Gasteiger partial charge in [-0.05, 0) is 18.6 Å². The smallest absolute Gasteiger partial charge is 0.325 e. The SMILES string of the molecule is CCC1CCC[N+]1(C)C(OC(C)=O)C(=O)Nc1ccccc1. The summed E-state index contributed by atoms with van der Waals surface area (Å²) < 4.78 is 5.89. The predicted octanol–water partition coefficient (Wildman–Crippen LogP) is 2.53. The molecule has 1 heterocycles. The number of para-hydroxylation sites is 1. The topological polar surface area (TPSA) is 55.4 Å². The lowest BCUT2D eigenvalue weighted by molar-refractivity contribution is -0.953. The normalized spacial score (nSPS) is 25.5. The van der Waals surface area contributed by atoms with Crippen LogP contribution in [0.4, 0.5) is 5.69 Å². The lowest BCUT2D eigenvalue weighted by atomic mass is 10.1. The van der Waals surface area contributed by atoms with Crippen LogP contribution >= 0.6 is 0 Å². The van der Waals surface area contributed by atoms with E-state index >= 15 is 0 Å². The summed E-state index contributed by atoms with van der Waals surface area (Å²) in [5, 5.41) is 2.86. The minimum Gasteiger partial charge on any atom is -0.403 e. The molecule has 1 aromatic rings. The number of amides is 1. The standard InChI is InChI=1S/C17H24N2O3/c1-4-15-11-8-12-19(15,3)17(22-13(2)20)16(21)18-14-9-6-5-7-10-14/h5-7,9-10,15,17H,4,8,11-12H2,1-3H3/p+1. The van der Waals surface area contributed by atoms with Crippen LogP contribution in [0.25, 0.3) is 0 Å². The average molecular weight is 305 g/mol. The molecule has 1 fully saturated rings. The number of likely N-dealkylation sites (N-methyl/N-ethyl adjacent to an activating group) is 1. The van der Waals surface area contributed by atoms with Crippen molar-refractivity contribution in [1.82, 2.24) is 0 Å². The zero-order valence-corrected chi connectivity index (χ0v) is 13.5. The molecule has 2 rings (SSSR count). The molecular formula is C17H25N2O3+. The monoisotopic (exact) mass is 305 g/mol. The van der Waals surface area contributed by atoms with Gasteiger partial charge in [-0.1, -0.05) is 25.1 Å². The van der Waals surface area contributed by atoms with E-state index < -0.39 is 12.2 Å². The van der Waals surface area contributed by atoms with Crippen LogP contribution in [0.3, 0.4) is 0 Å². The summed E-state index contributed by atoms with van der Waals surface area (Å²) in [5.41, 5.74) is 0.712. The molecule has 0 saturated carbocycles. The van der Waals surface area contributed by atoms with Gasteiger partial charge in [-0.25, -0.2) is 0 Å². The molecule has 3 unspecified atom stereocenters. The second-order valence-electron chi connectivity index (χ2n) is 6.09. The van der Waals surface area contributed by atoms with Gasteiger partial charge in [0.15, 0.2) is 0 Å². The van der Waals surface area contributed by atoms with Crippen LogP contribution in [-0.4, -0.2) is 42.2 Å². The third kappa shape index (κ3) is 3.47. The van der Waals surface area contributed by atoms with Crippen molar-refractivity contribution in [2.75, 3.05) is 18.9 Å². The fourth-order valence-corrected chi connectivity index (χ4v) is 3.40. The number of ether oxygens (including phenoxy) is 1. The maximum atomic E-state index is 12.7. The Morgan fingerprint density at radius 1 is 1.36 bits per heavy atom. The van der Waals surface area contributed by atoms with E-state index in [1.807, 2.05) is 37.4 Å². The Hall–Kier alpha value is -1.88. The van der Waals surface area contributed by atoms with Gasteiger partial charge in [0.2, 0.25) is 0 Å². The lowest BCUT2D eigenvalue weighted by Gasteiger charge is -2.40. The van der Waals surface area contributed by atoms with E-state index in [1.165, 1.54) is 6.92 Å². The largest absolute Gasteiger partial charge is 0.403 e. The van der Waals surface area contributed by atoms with Crippen LogP contribution in [0.15, 0.2) is 30.3 Å². The van der Waals surface area contributed by atoms with E-state index in [0.717, 1.165) is 25.8 Å². The molecule has 3 atom stereocenters. The highest BCUT2D eigenvalue weighted by Gasteiger charge is 2.48. The number of rotatable bonds is 5. The minimum atomic E-state index is -0.801. The van der Waals surface area contributed by atoms with Crippen LogP contribution in [-0.2, 0) is 14.3 Å². The van der Waals surface area contributed by atoms with Crippen molar-refractivity contribution in [3.8, 4) is 0 Å². The van der Waals surface area contributed by atoms with Gasteiger partial charge in [0.25, 0.3) is 0 Å². The van der Waals surface area contributed by atoms with Crippen molar-refractivity contribution < 1.29 is 18.8 Å². The molecular weight excluding hydrogens is 280 g/mol. The van der Waals surface area contributed by atoms with Crippen molar-refractivity contribution in [2.24, 2.45) is 0 Å². The summed E-state index contributed by atoms with van der Waals surface area (Å²) >= 11 is 0. The number of hydrogen-bond donors (Lipinski definition) is 1. The number of nitrogens with one attached hydrogen (secondary N) is 1. The van der Waals surface area contributed by atoms with E-state index in [1.54, 1.807) is 0 Å². The van der Waals surface area contributed by atoms with Crippen LogP contribution in [0.2, 0.25) is 0 Å². The van der Waals surface area contributed by atoms with Crippen LogP contribution < -0.4 is 5.32 Å². The molecule has 1 aliphatic heterocycles.